The molecule has 3 rings (SSSR count). The Hall–Kier alpha value is -4.37. The summed E-state index contributed by atoms with van der Waals surface area (Å²) in [6, 6.07) is 19.1. The molecule has 0 aromatic heterocycles. The molecule has 0 unspecified atom stereocenters. The number of rotatable bonds is 5. The topological polar surface area (TPSA) is 99.3 Å². The molecule has 9 heteroatoms. The van der Waals surface area contributed by atoms with Crippen LogP contribution in [-0.4, -0.2) is 22.8 Å². The predicted octanol–water partition coefficient (Wildman–Crippen LogP) is 3.74. The highest BCUT2D eigenvalue weighted by Crippen LogP contribution is 2.12. The van der Waals surface area contributed by atoms with Gasteiger partial charge in [0.25, 0.3) is 11.8 Å². The lowest BCUT2D eigenvalue weighted by molar-refractivity contribution is -0.115. The highest BCUT2D eigenvalue weighted by molar-refractivity contribution is 7.80. The number of aryl methyl sites for hydroxylation is 1. The first-order valence-electron chi connectivity index (χ1n) is 10.1. The fourth-order valence-corrected chi connectivity index (χ4v) is 2.96. The summed E-state index contributed by atoms with van der Waals surface area (Å²) in [5, 5.41) is 5.04. The van der Waals surface area contributed by atoms with E-state index in [2.05, 4.69) is 21.5 Å². The molecule has 7 nitrogen and oxygen atoms in total. The summed E-state index contributed by atoms with van der Waals surface area (Å²) in [6.45, 7) is 1.90. The van der Waals surface area contributed by atoms with Crippen LogP contribution in [0.25, 0.3) is 6.08 Å². The number of halogens is 1. The van der Waals surface area contributed by atoms with Crippen LogP contribution in [0.4, 0.5) is 10.1 Å². The molecule has 0 atom stereocenters. The average Bonchev–Trinajstić information content (AvgIpc) is 2.82. The Morgan fingerprint density at radius 1 is 0.853 bits per heavy atom. The molecule has 0 radical (unpaired) electrons. The molecule has 0 saturated heterocycles. The lowest BCUT2D eigenvalue weighted by Gasteiger charge is -2.10. The van der Waals surface area contributed by atoms with Crippen LogP contribution in [0.15, 0.2) is 78.9 Å². The van der Waals surface area contributed by atoms with Gasteiger partial charge in [0.15, 0.2) is 5.11 Å². The number of carbonyl (C=O) groups is 3. The number of anilines is 1. The van der Waals surface area contributed by atoms with Gasteiger partial charge in [-0.2, -0.15) is 0 Å². The number of thiocarbonyl (C=S) groups is 1. The van der Waals surface area contributed by atoms with Crippen LogP contribution in [0.1, 0.15) is 31.8 Å². The first-order chi connectivity index (χ1) is 16.3. The maximum atomic E-state index is 12.9. The van der Waals surface area contributed by atoms with Gasteiger partial charge in [-0.15, -0.1) is 0 Å². The number of amides is 3. The zero-order valence-electron chi connectivity index (χ0n) is 18.1. The van der Waals surface area contributed by atoms with Crippen LogP contribution in [0.5, 0.6) is 0 Å². The normalized spacial score (nSPS) is 10.4. The van der Waals surface area contributed by atoms with Crippen LogP contribution in [0.2, 0.25) is 0 Å². The Morgan fingerprint density at radius 2 is 1.56 bits per heavy atom. The second-order valence-corrected chi connectivity index (χ2v) is 7.59. The van der Waals surface area contributed by atoms with E-state index in [0.717, 1.165) is 5.56 Å². The number of nitrogens with one attached hydrogen (secondary N) is 4. The lowest BCUT2D eigenvalue weighted by Crippen LogP contribution is -2.48. The zero-order valence-corrected chi connectivity index (χ0v) is 18.9. The molecule has 0 aliphatic rings. The molecule has 0 heterocycles. The van der Waals surface area contributed by atoms with E-state index in [4.69, 9.17) is 12.2 Å². The maximum absolute atomic E-state index is 12.9. The lowest BCUT2D eigenvalue weighted by atomic mass is 10.1. The molecule has 172 valence electrons. The van der Waals surface area contributed by atoms with Crippen molar-refractivity contribution in [3.8, 4) is 0 Å². The van der Waals surface area contributed by atoms with Crippen LogP contribution >= 0.6 is 12.2 Å². The van der Waals surface area contributed by atoms with Crippen molar-refractivity contribution in [2.24, 2.45) is 0 Å². The van der Waals surface area contributed by atoms with Gasteiger partial charge >= 0.3 is 0 Å². The summed E-state index contributed by atoms with van der Waals surface area (Å²) in [5.74, 6) is -1.64. The van der Waals surface area contributed by atoms with Crippen molar-refractivity contribution in [1.29, 1.82) is 0 Å². The van der Waals surface area contributed by atoms with Gasteiger partial charge < -0.3 is 5.32 Å². The summed E-state index contributed by atoms with van der Waals surface area (Å²) in [5.41, 5.74) is 7.82. The van der Waals surface area contributed by atoms with Crippen molar-refractivity contribution in [2.75, 3.05) is 5.32 Å². The van der Waals surface area contributed by atoms with Gasteiger partial charge in [-0.05, 0) is 79.3 Å². The SMILES string of the molecule is Cc1cccc(C(=O)Nc2ccc(C(=O)NNC(=S)NC(=O)C=Cc3ccc(F)cc3)cc2)c1. The minimum atomic E-state index is -0.523. The Kier molecular flexibility index (Phi) is 8.20. The van der Waals surface area contributed by atoms with E-state index in [-0.39, 0.29) is 16.8 Å². The highest BCUT2D eigenvalue weighted by Gasteiger charge is 2.09. The molecular formula is C25H21FN4O3S. The molecule has 3 aromatic rings. The Bertz CT molecular complexity index is 1240. The van der Waals surface area contributed by atoms with Crippen molar-refractivity contribution in [3.63, 3.8) is 0 Å². The molecule has 0 aliphatic carbocycles. The van der Waals surface area contributed by atoms with Crippen molar-refractivity contribution in [1.82, 2.24) is 16.2 Å². The predicted molar refractivity (Wildman–Crippen MR) is 132 cm³/mol. The van der Waals surface area contributed by atoms with Crippen molar-refractivity contribution < 1.29 is 18.8 Å². The van der Waals surface area contributed by atoms with Gasteiger partial charge in [0.05, 0.1) is 0 Å². The maximum Gasteiger partial charge on any atom is 0.269 e. The van der Waals surface area contributed by atoms with E-state index >= 15 is 0 Å². The van der Waals surface area contributed by atoms with E-state index < -0.39 is 11.8 Å². The molecule has 0 spiro atoms. The summed E-state index contributed by atoms with van der Waals surface area (Å²) >= 11 is 4.98. The van der Waals surface area contributed by atoms with E-state index in [0.29, 0.717) is 22.4 Å². The van der Waals surface area contributed by atoms with Crippen LogP contribution in [-0.2, 0) is 4.79 Å². The molecule has 3 aromatic carbocycles. The highest BCUT2D eigenvalue weighted by atomic mass is 32.1. The van der Waals surface area contributed by atoms with Gasteiger partial charge in [-0.1, -0.05) is 29.8 Å². The van der Waals surface area contributed by atoms with Gasteiger partial charge in [-0.3, -0.25) is 30.6 Å². The number of carbonyl (C=O) groups excluding carboxylic acids is 3. The molecule has 3 amide bonds. The molecule has 34 heavy (non-hydrogen) atoms. The minimum Gasteiger partial charge on any atom is -0.322 e. The molecule has 0 saturated carbocycles. The van der Waals surface area contributed by atoms with Crippen LogP contribution < -0.4 is 21.5 Å². The van der Waals surface area contributed by atoms with E-state index in [9.17, 15) is 18.8 Å². The largest absolute Gasteiger partial charge is 0.322 e. The molecular weight excluding hydrogens is 455 g/mol. The molecule has 0 fully saturated rings. The summed E-state index contributed by atoms with van der Waals surface area (Å²) < 4.78 is 12.9. The average molecular weight is 477 g/mol. The third kappa shape index (κ3) is 7.35. The Balaban J connectivity index is 1.45. The third-order valence-electron chi connectivity index (χ3n) is 4.51. The fourth-order valence-electron chi connectivity index (χ4n) is 2.81. The quantitative estimate of drug-likeness (QED) is 0.256. The van der Waals surface area contributed by atoms with Crippen LogP contribution in [0, 0.1) is 12.7 Å². The second-order valence-electron chi connectivity index (χ2n) is 7.18. The Morgan fingerprint density at radius 3 is 2.24 bits per heavy atom. The first-order valence-corrected chi connectivity index (χ1v) is 10.5. The number of hydrogen-bond acceptors (Lipinski definition) is 4. The molecule has 4 N–H and O–H groups in total. The fraction of sp³-hybridized carbons (Fsp3) is 0.0400. The van der Waals surface area contributed by atoms with Crippen molar-refractivity contribution in [2.45, 2.75) is 6.92 Å². The molecule has 0 aliphatic heterocycles. The number of hydrazine groups is 1. The second kappa shape index (κ2) is 11.5. The van der Waals surface area contributed by atoms with E-state index in [1.807, 2.05) is 13.0 Å². The third-order valence-corrected chi connectivity index (χ3v) is 4.71. The van der Waals surface area contributed by atoms with Gasteiger partial charge in [0.2, 0.25) is 5.91 Å². The summed E-state index contributed by atoms with van der Waals surface area (Å²) in [7, 11) is 0. The van der Waals surface area contributed by atoms with E-state index in [1.165, 1.54) is 48.6 Å². The van der Waals surface area contributed by atoms with Gasteiger partial charge in [-0.25, -0.2) is 4.39 Å². The number of hydrogen-bond donors (Lipinski definition) is 4. The van der Waals surface area contributed by atoms with Crippen molar-refractivity contribution >= 4 is 46.8 Å². The summed E-state index contributed by atoms with van der Waals surface area (Å²) in [4.78, 5) is 36.5. The van der Waals surface area contributed by atoms with Gasteiger partial charge in [0.1, 0.15) is 5.82 Å². The first kappa shape index (κ1) is 24.3. The minimum absolute atomic E-state index is 0.107. The number of benzene rings is 3. The molecule has 0 bridgehead atoms. The van der Waals surface area contributed by atoms with Gasteiger partial charge in [0, 0.05) is 22.9 Å². The van der Waals surface area contributed by atoms with E-state index in [1.54, 1.807) is 30.3 Å². The smallest absolute Gasteiger partial charge is 0.269 e. The van der Waals surface area contributed by atoms with Crippen molar-refractivity contribution in [3.05, 3.63) is 107 Å². The Labute approximate surface area is 201 Å². The van der Waals surface area contributed by atoms with Crippen LogP contribution in [0.3, 0.4) is 0 Å². The monoisotopic (exact) mass is 476 g/mol. The zero-order chi connectivity index (χ0) is 24.5. The standard InChI is InChI=1S/C25H21FN4O3S/c1-16-3-2-4-19(15-16)23(32)27-21-12-8-18(9-13-21)24(33)29-30-25(34)28-22(31)14-7-17-5-10-20(26)11-6-17/h2-15H,1H3,(H,27,32)(H,29,33)(H2,28,30,31,34). The summed E-state index contributed by atoms with van der Waals surface area (Å²) in [6.07, 6.45) is 2.72.